The average molecular weight is 470 g/mol. The number of benzene rings is 1. The molecule has 4 rings (SSSR count). The standard InChI is InChI=1S/C25H32ClN3O2.C2H4/c1-19-17-21(5-4-6-23(19)26)29-14-12-28(13-15-29)11-2-3-16-31-22-9-7-20-8-10-25(30)27-24(20)18-22;1-2/h4-7,9,18H,2-3,8,10-17H2,1H3,(H,27,30);1-2H2. The number of unbranched alkanes of at least 4 members (excludes halogenated alkanes) is 1. The number of fused-ring (bicyclic) bond motifs is 1. The Kier molecular flexibility index (Phi) is 9.64. The Morgan fingerprint density at radius 1 is 1.12 bits per heavy atom. The second-order valence-corrected chi connectivity index (χ2v) is 8.98. The molecule has 0 saturated carbocycles. The van der Waals surface area contributed by atoms with Crippen LogP contribution in [-0.2, 0) is 11.2 Å². The van der Waals surface area contributed by atoms with Gasteiger partial charge in [-0.3, -0.25) is 9.69 Å². The van der Waals surface area contributed by atoms with E-state index in [9.17, 15) is 4.79 Å². The molecule has 5 nitrogen and oxygen atoms in total. The van der Waals surface area contributed by atoms with Crippen LogP contribution in [0.1, 0.15) is 38.2 Å². The summed E-state index contributed by atoms with van der Waals surface area (Å²) in [5.74, 6) is 0.927. The van der Waals surface area contributed by atoms with Crippen LogP contribution in [-0.4, -0.2) is 55.0 Å². The van der Waals surface area contributed by atoms with E-state index in [0.717, 1.165) is 74.9 Å². The summed E-state index contributed by atoms with van der Waals surface area (Å²) in [6.45, 7) is 14.3. The van der Waals surface area contributed by atoms with Crippen LogP contribution in [0.25, 0.3) is 0 Å². The van der Waals surface area contributed by atoms with Gasteiger partial charge in [0.25, 0.3) is 0 Å². The van der Waals surface area contributed by atoms with Gasteiger partial charge < -0.3 is 15.0 Å². The number of ether oxygens (including phenoxy) is 1. The third kappa shape index (κ3) is 7.24. The molecule has 0 spiro atoms. The lowest BCUT2D eigenvalue weighted by atomic mass is 10.0. The zero-order chi connectivity index (χ0) is 23.6. The van der Waals surface area contributed by atoms with Crippen LogP contribution in [0.3, 0.4) is 0 Å². The minimum Gasteiger partial charge on any atom is -0.494 e. The number of piperazine rings is 1. The molecular formula is C27H36ClN3O2. The second-order valence-electron chi connectivity index (χ2n) is 8.57. The molecule has 178 valence electrons. The number of hydrogen-bond donors (Lipinski definition) is 1. The van der Waals surface area contributed by atoms with Gasteiger partial charge in [0.05, 0.1) is 6.61 Å². The smallest absolute Gasteiger partial charge is 0.224 e. The first-order chi connectivity index (χ1) is 16.1. The first-order valence-electron chi connectivity index (χ1n) is 11.8. The quantitative estimate of drug-likeness (QED) is 0.422. The Morgan fingerprint density at radius 3 is 2.70 bits per heavy atom. The maximum Gasteiger partial charge on any atom is 0.224 e. The number of allylic oxidation sites excluding steroid dienone is 5. The fourth-order valence-electron chi connectivity index (χ4n) is 4.34. The fourth-order valence-corrected chi connectivity index (χ4v) is 4.48. The highest BCUT2D eigenvalue weighted by atomic mass is 35.5. The van der Waals surface area contributed by atoms with Crippen molar-refractivity contribution in [3.63, 3.8) is 0 Å². The van der Waals surface area contributed by atoms with E-state index in [4.69, 9.17) is 16.3 Å². The van der Waals surface area contributed by atoms with Crippen molar-refractivity contribution in [3.8, 4) is 5.75 Å². The van der Waals surface area contributed by atoms with Crippen molar-refractivity contribution >= 4 is 23.2 Å². The zero-order valence-corrected chi connectivity index (χ0v) is 20.5. The lowest BCUT2D eigenvalue weighted by Gasteiger charge is -2.37. The molecule has 1 fully saturated rings. The molecule has 2 aliphatic heterocycles. The van der Waals surface area contributed by atoms with Crippen LogP contribution in [0.5, 0.6) is 5.75 Å². The van der Waals surface area contributed by atoms with E-state index in [0.29, 0.717) is 13.0 Å². The van der Waals surface area contributed by atoms with Crippen molar-refractivity contribution in [3.05, 3.63) is 71.5 Å². The van der Waals surface area contributed by atoms with Crippen molar-refractivity contribution in [2.24, 2.45) is 0 Å². The normalized spacial score (nSPS) is 18.5. The Hall–Kier alpha value is -2.50. The summed E-state index contributed by atoms with van der Waals surface area (Å²) >= 11 is 6.26. The van der Waals surface area contributed by atoms with Gasteiger partial charge in [0.15, 0.2) is 0 Å². The number of nitrogens with one attached hydrogen (secondary N) is 1. The molecule has 3 aliphatic rings. The number of anilines is 1. The molecule has 0 unspecified atom stereocenters. The zero-order valence-electron chi connectivity index (χ0n) is 19.7. The van der Waals surface area contributed by atoms with Crippen molar-refractivity contribution < 1.29 is 9.53 Å². The summed E-state index contributed by atoms with van der Waals surface area (Å²) in [6.07, 6.45) is 10.7. The molecule has 0 atom stereocenters. The summed E-state index contributed by atoms with van der Waals surface area (Å²) in [5, 5.41) is 3.80. The van der Waals surface area contributed by atoms with Gasteiger partial charge in [0.1, 0.15) is 5.75 Å². The number of rotatable bonds is 7. The third-order valence-electron chi connectivity index (χ3n) is 6.28. The van der Waals surface area contributed by atoms with E-state index in [1.165, 1.54) is 16.8 Å². The fraction of sp³-hybridized carbons (Fsp3) is 0.444. The predicted molar refractivity (Wildman–Crippen MR) is 138 cm³/mol. The lowest BCUT2D eigenvalue weighted by Crippen LogP contribution is -2.46. The molecule has 6 heteroatoms. The maximum atomic E-state index is 11.6. The van der Waals surface area contributed by atoms with Crippen molar-refractivity contribution in [2.75, 3.05) is 44.6 Å². The number of aryl methyl sites for hydroxylation is 1. The number of hydrogen-bond acceptors (Lipinski definition) is 4. The summed E-state index contributed by atoms with van der Waals surface area (Å²) < 4.78 is 5.92. The maximum absolute atomic E-state index is 11.6. The highest BCUT2D eigenvalue weighted by Crippen LogP contribution is 2.27. The lowest BCUT2D eigenvalue weighted by molar-refractivity contribution is -0.116. The monoisotopic (exact) mass is 469 g/mol. The number of carbonyl (C=O) groups is 1. The predicted octanol–water partition coefficient (Wildman–Crippen LogP) is 5.51. The van der Waals surface area contributed by atoms with Crippen molar-refractivity contribution in [2.45, 2.75) is 39.0 Å². The number of carbonyl (C=O) groups excluding carboxylic acids is 1. The van der Waals surface area contributed by atoms with E-state index in [2.05, 4.69) is 53.4 Å². The van der Waals surface area contributed by atoms with Crippen LogP contribution in [0.15, 0.2) is 65.9 Å². The largest absolute Gasteiger partial charge is 0.494 e. The molecule has 0 bridgehead atoms. The summed E-state index contributed by atoms with van der Waals surface area (Å²) in [5.41, 5.74) is 4.71. The summed E-state index contributed by atoms with van der Waals surface area (Å²) in [6, 6.07) is 6.03. The molecule has 2 heterocycles. The van der Waals surface area contributed by atoms with E-state index >= 15 is 0 Å². The minimum absolute atomic E-state index is 0.0898. The van der Waals surface area contributed by atoms with Crippen LogP contribution in [0.2, 0.25) is 0 Å². The molecule has 1 amide bonds. The number of amides is 1. The molecule has 1 aliphatic carbocycles. The molecule has 1 N–H and O–H groups in total. The Bertz CT molecular complexity index is 914. The summed E-state index contributed by atoms with van der Waals surface area (Å²) in [4.78, 5) is 16.6. The van der Waals surface area contributed by atoms with Crippen molar-refractivity contribution in [1.82, 2.24) is 9.80 Å². The Balaban J connectivity index is 0.00000149. The first kappa shape index (κ1) is 25.1. The number of nitrogens with zero attached hydrogens (tertiary/aromatic N) is 2. The minimum atomic E-state index is 0.0898. The Morgan fingerprint density at radius 2 is 1.91 bits per heavy atom. The second kappa shape index (κ2) is 12.7. The Labute approximate surface area is 203 Å². The van der Waals surface area contributed by atoms with Gasteiger partial charge in [-0.2, -0.15) is 0 Å². The third-order valence-corrected chi connectivity index (χ3v) is 6.73. The SMILES string of the molecule is C=C.CC1=C(Cl)C=CC=C(N2CCN(CCCCOc3ccc4c(c3)NC(=O)CC4)CC2)C1. The molecular weight excluding hydrogens is 434 g/mol. The van der Waals surface area contributed by atoms with Crippen LogP contribution >= 0.6 is 11.6 Å². The van der Waals surface area contributed by atoms with Gasteiger partial charge in [-0.25, -0.2) is 0 Å². The molecule has 1 aromatic carbocycles. The van der Waals surface area contributed by atoms with Gasteiger partial charge in [0, 0.05) is 61.5 Å². The van der Waals surface area contributed by atoms with Crippen LogP contribution < -0.4 is 10.1 Å². The highest BCUT2D eigenvalue weighted by Gasteiger charge is 2.19. The molecule has 1 aromatic rings. The van der Waals surface area contributed by atoms with Crippen LogP contribution in [0.4, 0.5) is 5.69 Å². The van der Waals surface area contributed by atoms with Gasteiger partial charge in [-0.15, -0.1) is 13.2 Å². The molecule has 33 heavy (non-hydrogen) atoms. The van der Waals surface area contributed by atoms with E-state index in [1.54, 1.807) is 0 Å². The van der Waals surface area contributed by atoms with Gasteiger partial charge in [0.2, 0.25) is 5.91 Å². The molecule has 0 aromatic heterocycles. The van der Waals surface area contributed by atoms with E-state index in [-0.39, 0.29) is 5.91 Å². The topological polar surface area (TPSA) is 44.8 Å². The number of halogens is 1. The van der Waals surface area contributed by atoms with Crippen molar-refractivity contribution in [1.29, 1.82) is 0 Å². The first-order valence-corrected chi connectivity index (χ1v) is 12.2. The van der Waals surface area contributed by atoms with Gasteiger partial charge >= 0.3 is 0 Å². The van der Waals surface area contributed by atoms with Gasteiger partial charge in [-0.1, -0.05) is 23.7 Å². The molecule has 1 saturated heterocycles. The molecule has 0 radical (unpaired) electrons. The van der Waals surface area contributed by atoms with E-state index in [1.807, 2.05) is 18.2 Å². The highest BCUT2D eigenvalue weighted by molar-refractivity contribution is 6.31. The van der Waals surface area contributed by atoms with E-state index < -0.39 is 0 Å². The van der Waals surface area contributed by atoms with Crippen LogP contribution in [0, 0.1) is 0 Å². The van der Waals surface area contributed by atoms with Gasteiger partial charge in [-0.05, 0) is 62.1 Å². The summed E-state index contributed by atoms with van der Waals surface area (Å²) in [7, 11) is 0. The average Bonchev–Trinajstić information content (AvgIpc) is 3.01.